The van der Waals surface area contributed by atoms with Crippen LogP contribution >= 0.6 is 11.6 Å². The van der Waals surface area contributed by atoms with Crippen molar-refractivity contribution in [2.75, 3.05) is 0 Å². The van der Waals surface area contributed by atoms with E-state index in [1.54, 1.807) is 11.6 Å². The molecule has 0 saturated heterocycles. The van der Waals surface area contributed by atoms with Gasteiger partial charge in [-0.25, -0.2) is 4.68 Å². The van der Waals surface area contributed by atoms with E-state index < -0.39 is 0 Å². The zero-order valence-electron chi connectivity index (χ0n) is 9.95. The lowest BCUT2D eigenvalue weighted by Gasteiger charge is -2.07. The Hall–Kier alpha value is -1.79. The third-order valence-corrected chi connectivity index (χ3v) is 3.05. The normalized spacial score (nSPS) is 10.3. The molecule has 0 saturated carbocycles. The molecule has 0 radical (unpaired) electrons. The first-order valence-electron chi connectivity index (χ1n) is 5.27. The van der Waals surface area contributed by atoms with Gasteiger partial charge in [-0.05, 0) is 32.4 Å². The van der Waals surface area contributed by atoms with Crippen LogP contribution in [0.4, 0.5) is 0 Å². The van der Waals surface area contributed by atoms with Gasteiger partial charge in [-0.3, -0.25) is 0 Å². The Morgan fingerprint density at radius 2 is 2.00 bits per heavy atom. The van der Waals surface area contributed by atoms with Crippen molar-refractivity contribution in [3.8, 4) is 11.8 Å². The Bertz CT molecular complexity index is 620. The maximum absolute atomic E-state index is 8.99. The summed E-state index contributed by atoms with van der Waals surface area (Å²) in [5.74, 6) is 0. The van der Waals surface area contributed by atoms with Gasteiger partial charge in [0.05, 0.1) is 11.4 Å². The molecule has 86 valence electrons. The molecule has 4 heteroatoms. The smallest absolute Gasteiger partial charge is 0.150 e. The van der Waals surface area contributed by atoms with E-state index in [0.29, 0.717) is 16.4 Å². The van der Waals surface area contributed by atoms with Gasteiger partial charge in [0.25, 0.3) is 0 Å². The van der Waals surface area contributed by atoms with Crippen LogP contribution < -0.4 is 0 Å². The molecule has 0 aliphatic rings. The van der Waals surface area contributed by atoms with E-state index in [2.05, 4.69) is 17.2 Å². The molecule has 1 heterocycles. The van der Waals surface area contributed by atoms with E-state index in [9.17, 15) is 0 Å². The number of aryl methyl sites for hydroxylation is 3. The lowest BCUT2D eigenvalue weighted by atomic mass is 10.1. The summed E-state index contributed by atoms with van der Waals surface area (Å²) in [4.78, 5) is 0. The van der Waals surface area contributed by atoms with Crippen LogP contribution in [0.5, 0.6) is 0 Å². The second-order valence-corrected chi connectivity index (χ2v) is 4.42. The molecule has 3 nitrogen and oxygen atoms in total. The third-order valence-electron chi connectivity index (χ3n) is 2.70. The monoisotopic (exact) mass is 245 g/mol. The quantitative estimate of drug-likeness (QED) is 0.773. The zero-order chi connectivity index (χ0) is 12.6. The van der Waals surface area contributed by atoms with Crippen LogP contribution in [0.25, 0.3) is 5.69 Å². The molecule has 0 bridgehead atoms. The van der Waals surface area contributed by atoms with Crippen LogP contribution in [0.15, 0.2) is 18.2 Å². The molecule has 0 spiro atoms. The second kappa shape index (κ2) is 4.23. The SMILES string of the molecule is Cc1ccc(-n2nc(C)c(C#N)c2Cl)c(C)c1. The first kappa shape index (κ1) is 11.7. The molecule has 2 aromatic rings. The number of benzene rings is 1. The number of hydrogen-bond acceptors (Lipinski definition) is 2. The van der Waals surface area contributed by atoms with Crippen LogP contribution in [0.3, 0.4) is 0 Å². The Morgan fingerprint density at radius 1 is 1.29 bits per heavy atom. The number of hydrogen-bond donors (Lipinski definition) is 0. The van der Waals surface area contributed by atoms with Crippen molar-refractivity contribution in [1.29, 1.82) is 5.26 Å². The Labute approximate surface area is 105 Å². The van der Waals surface area contributed by atoms with E-state index >= 15 is 0 Å². The second-order valence-electron chi connectivity index (χ2n) is 4.06. The van der Waals surface area contributed by atoms with Gasteiger partial charge in [-0.15, -0.1) is 0 Å². The largest absolute Gasteiger partial charge is 0.220 e. The molecule has 0 N–H and O–H groups in total. The number of rotatable bonds is 1. The fraction of sp³-hybridized carbons (Fsp3) is 0.231. The van der Waals surface area contributed by atoms with Gasteiger partial charge in [0, 0.05) is 0 Å². The summed E-state index contributed by atoms with van der Waals surface area (Å²) in [6, 6.07) is 8.10. The van der Waals surface area contributed by atoms with Crippen LogP contribution in [0, 0.1) is 32.1 Å². The van der Waals surface area contributed by atoms with Crippen molar-refractivity contribution in [3.63, 3.8) is 0 Å². The van der Waals surface area contributed by atoms with E-state index in [0.717, 1.165) is 11.3 Å². The maximum Gasteiger partial charge on any atom is 0.150 e. The third kappa shape index (κ3) is 1.92. The topological polar surface area (TPSA) is 41.6 Å². The lowest BCUT2D eigenvalue weighted by Crippen LogP contribution is -1.99. The van der Waals surface area contributed by atoms with Gasteiger partial charge in [0.15, 0.2) is 5.15 Å². The lowest BCUT2D eigenvalue weighted by molar-refractivity contribution is 0.856. The first-order valence-corrected chi connectivity index (χ1v) is 5.65. The summed E-state index contributed by atoms with van der Waals surface area (Å²) in [5.41, 5.74) is 4.26. The fourth-order valence-corrected chi connectivity index (χ4v) is 2.14. The zero-order valence-corrected chi connectivity index (χ0v) is 10.7. The predicted octanol–water partition coefficient (Wildman–Crippen LogP) is 3.32. The summed E-state index contributed by atoms with van der Waals surface area (Å²) in [5, 5.41) is 13.7. The molecule has 0 unspecified atom stereocenters. The highest BCUT2D eigenvalue weighted by molar-refractivity contribution is 6.31. The minimum Gasteiger partial charge on any atom is -0.220 e. The number of nitriles is 1. The average Bonchev–Trinajstić information content (AvgIpc) is 2.54. The maximum atomic E-state index is 8.99. The van der Waals surface area contributed by atoms with Crippen molar-refractivity contribution in [1.82, 2.24) is 9.78 Å². The highest BCUT2D eigenvalue weighted by Crippen LogP contribution is 2.24. The van der Waals surface area contributed by atoms with E-state index in [1.807, 2.05) is 26.0 Å². The molecule has 0 amide bonds. The van der Waals surface area contributed by atoms with Gasteiger partial charge >= 0.3 is 0 Å². The van der Waals surface area contributed by atoms with Crippen molar-refractivity contribution >= 4 is 11.6 Å². The Morgan fingerprint density at radius 3 is 2.53 bits per heavy atom. The standard InChI is InChI=1S/C13H12ClN3/c1-8-4-5-12(9(2)6-8)17-13(14)11(7-15)10(3)16-17/h4-6H,1-3H3. The summed E-state index contributed by atoms with van der Waals surface area (Å²) in [6.07, 6.45) is 0. The van der Waals surface area contributed by atoms with Crippen molar-refractivity contribution in [3.05, 3.63) is 45.7 Å². The summed E-state index contributed by atoms with van der Waals surface area (Å²) < 4.78 is 1.62. The van der Waals surface area contributed by atoms with Crippen molar-refractivity contribution < 1.29 is 0 Å². The molecule has 1 aromatic heterocycles. The number of halogens is 1. The average molecular weight is 246 g/mol. The molecular weight excluding hydrogens is 234 g/mol. The molecular formula is C13H12ClN3. The van der Waals surface area contributed by atoms with E-state index in [1.165, 1.54) is 5.56 Å². The van der Waals surface area contributed by atoms with Gasteiger partial charge < -0.3 is 0 Å². The molecule has 0 fully saturated rings. The summed E-state index contributed by atoms with van der Waals surface area (Å²) >= 11 is 6.15. The predicted molar refractivity (Wildman–Crippen MR) is 67.5 cm³/mol. The number of nitrogens with zero attached hydrogens (tertiary/aromatic N) is 3. The first-order chi connectivity index (χ1) is 8.04. The van der Waals surface area contributed by atoms with Crippen molar-refractivity contribution in [2.45, 2.75) is 20.8 Å². The molecule has 2 rings (SSSR count). The number of aromatic nitrogens is 2. The molecule has 0 aliphatic carbocycles. The van der Waals surface area contributed by atoms with Crippen LogP contribution in [-0.4, -0.2) is 9.78 Å². The van der Waals surface area contributed by atoms with Gasteiger partial charge in [-0.2, -0.15) is 10.4 Å². The molecule has 17 heavy (non-hydrogen) atoms. The summed E-state index contributed by atoms with van der Waals surface area (Å²) in [7, 11) is 0. The molecule has 0 atom stereocenters. The van der Waals surface area contributed by atoms with Crippen LogP contribution in [0.2, 0.25) is 5.15 Å². The fourth-order valence-electron chi connectivity index (χ4n) is 1.83. The van der Waals surface area contributed by atoms with Gasteiger partial charge in [0.1, 0.15) is 11.6 Å². The molecule has 0 aliphatic heterocycles. The van der Waals surface area contributed by atoms with Crippen molar-refractivity contribution in [2.24, 2.45) is 0 Å². The van der Waals surface area contributed by atoms with Crippen LogP contribution in [-0.2, 0) is 0 Å². The highest BCUT2D eigenvalue weighted by atomic mass is 35.5. The van der Waals surface area contributed by atoms with Gasteiger partial charge in [0.2, 0.25) is 0 Å². The van der Waals surface area contributed by atoms with E-state index in [-0.39, 0.29) is 0 Å². The Balaban J connectivity index is 2.66. The highest BCUT2D eigenvalue weighted by Gasteiger charge is 2.15. The Kier molecular flexibility index (Phi) is 2.91. The minimum atomic E-state index is 0.372. The molecule has 1 aromatic carbocycles. The summed E-state index contributed by atoms with van der Waals surface area (Å²) in [6.45, 7) is 5.82. The van der Waals surface area contributed by atoms with E-state index in [4.69, 9.17) is 16.9 Å². The van der Waals surface area contributed by atoms with Crippen LogP contribution in [0.1, 0.15) is 22.4 Å². The van der Waals surface area contributed by atoms with Gasteiger partial charge in [-0.1, -0.05) is 29.3 Å². The minimum absolute atomic E-state index is 0.372.